The highest BCUT2D eigenvalue weighted by Gasteiger charge is 2.13. The first-order chi connectivity index (χ1) is 9.08. The van der Waals surface area contributed by atoms with Gasteiger partial charge in [-0.3, -0.25) is 4.79 Å². The molecule has 0 saturated carbocycles. The van der Waals surface area contributed by atoms with Gasteiger partial charge in [-0.15, -0.1) is 0 Å². The minimum absolute atomic E-state index is 0.0499. The molecule has 1 aromatic heterocycles. The zero-order valence-corrected chi connectivity index (χ0v) is 11.6. The van der Waals surface area contributed by atoms with Crippen LogP contribution in [0.3, 0.4) is 0 Å². The zero-order chi connectivity index (χ0) is 13.8. The highest BCUT2D eigenvalue weighted by Crippen LogP contribution is 2.27. The van der Waals surface area contributed by atoms with Crippen LogP contribution < -0.4 is 5.32 Å². The van der Waals surface area contributed by atoms with Gasteiger partial charge in [-0.05, 0) is 36.1 Å². The van der Waals surface area contributed by atoms with Gasteiger partial charge in [0, 0.05) is 5.69 Å². The molecule has 0 bridgehead atoms. The average molecular weight is 257 g/mol. The number of benzene rings is 1. The van der Waals surface area contributed by atoms with E-state index in [-0.39, 0.29) is 12.3 Å². The molecule has 0 unspecified atom stereocenters. The average Bonchev–Trinajstić information content (AvgIpc) is 2.84. The van der Waals surface area contributed by atoms with Crippen molar-refractivity contribution < 1.29 is 9.21 Å². The van der Waals surface area contributed by atoms with Gasteiger partial charge in [0.1, 0.15) is 5.76 Å². The molecule has 2 rings (SSSR count). The summed E-state index contributed by atoms with van der Waals surface area (Å²) in [5, 5.41) is 3.00. The fraction of sp³-hybridized carbons (Fsp3) is 0.312. The predicted octanol–water partition coefficient (Wildman–Crippen LogP) is 3.89. The fourth-order valence-electron chi connectivity index (χ4n) is 2.10. The molecule has 2 aromatic rings. The van der Waals surface area contributed by atoms with Crippen molar-refractivity contribution in [2.45, 2.75) is 33.1 Å². The molecule has 0 atom stereocenters. The van der Waals surface area contributed by atoms with Crippen molar-refractivity contribution in [2.24, 2.45) is 0 Å². The van der Waals surface area contributed by atoms with Gasteiger partial charge in [0.15, 0.2) is 0 Å². The quantitative estimate of drug-likeness (QED) is 0.902. The summed E-state index contributed by atoms with van der Waals surface area (Å²) < 4.78 is 5.19. The highest BCUT2D eigenvalue weighted by atomic mass is 16.3. The van der Waals surface area contributed by atoms with Gasteiger partial charge in [-0.25, -0.2) is 0 Å². The Labute approximate surface area is 113 Å². The standard InChI is InChI=1S/C16H19NO2/c1-11(2)14-8-4-6-12(3)16(14)17-15(18)10-13-7-5-9-19-13/h4-9,11H,10H2,1-3H3,(H,17,18). The Bertz CT molecular complexity index is 556. The normalized spacial score (nSPS) is 10.7. The first-order valence-electron chi connectivity index (χ1n) is 6.49. The van der Waals surface area contributed by atoms with Crippen molar-refractivity contribution >= 4 is 11.6 Å². The SMILES string of the molecule is Cc1cccc(C(C)C)c1NC(=O)Cc1ccco1. The summed E-state index contributed by atoms with van der Waals surface area (Å²) >= 11 is 0. The Morgan fingerprint density at radius 2 is 2.05 bits per heavy atom. The lowest BCUT2D eigenvalue weighted by Crippen LogP contribution is -2.16. The topological polar surface area (TPSA) is 42.2 Å². The molecular formula is C16H19NO2. The Balaban J connectivity index is 2.16. The van der Waals surface area contributed by atoms with Gasteiger partial charge in [0.2, 0.25) is 5.91 Å². The Hall–Kier alpha value is -2.03. The zero-order valence-electron chi connectivity index (χ0n) is 11.6. The minimum Gasteiger partial charge on any atom is -0.469 e. The largest absolute Gasteiger partial charge is 0.469 e. The fourth-order valence-corrected chi connectivity index (χ4v) is 2.10. The summed E-state index contributed by atoms with van der Waals surface area (Å²) in [5.74, 6) is 1.00. The third kappa shape index (κ3) is 3.25. The van der Waals surface area contributed by atoms with Crippen LogP contribution in [0.15, 0.2) is 41.0 Å². The van der Waals surface area contributed by atoms with Crippen LogP contribution in [-0.2, 0) is 11.2 Å². The van der Waals surface area contributed by atoms with E-state index < -0.39 is 0 Å². The number of para-hydroxylation sites is 1. The summed E-state index contributed by atoms with van der Waals surface area (Å²) in [7, 11) is 0. The predicted molar refractivity (Wildman–Crippen MR) is 76.3 cm³/mol. The highest BCUT2D eigenvalue weighted by molar-refractivity contribution is 5.93. The molecule has 0 saturated heterocycles. The molecule has 1 heterocycles. The van der Waals surface area contributed by atoms with Gasteiger partial charge >= 0.3 is 0 Å². The molecule has 100 valence electrons. The smallest absolute Gasteiger partial charge is 0.232 e. The van der Waals surface area contributed by atoms with E-state index in [0.717, 1.165) is 16.8 Å². The van der Waals surface area contributed by atoms with Crippen molar-refractivity contribution in [3.63, 3.8) is 0 Å². The van der Waals surface area contributed by atoms with Crippen LogP contribution in [0.1, 0.15) is 36.7 Å². The van der Waals surface area contributed by atoms with Crippen LogP contribution in [0.2, 0.25) is 0 Å². The van der Waals surface area contributed by atoms with Gasteiger partial charge in [0.25, 0.3) is 0 Å². The van der Waals surface area contributed by atoms with Gasteiger partial charge in [0.05, 0.1) is 12.7 Å². The third-order valence-corrected chi connectivity index (χ3v) is 3.11. The number of furan rings is 1. The van der Waals surface area contributed by atoms with E-state index in [1.54, 1.807) is 18.4 Å². The van der Waals surface area contributed by atoms with E-state index in [4.69, 9.17) is 4.42 Å². The van der Waals surface area contributed by atoms with Crippen LogP contribution in [0.4, 0.5) is 5.69 Å². The number of nitrogens with one attached hydrogen (secondary N) is 1. The van der Waals surface area contributed by atoms with Gasteiger partial charge in [-0.1, -0.05) is 32.0 Å². The number of aryl methyl sites for hydroxylation is 1. The maximum atomic E-state index is 12.0. The molecule has 3 nitrogen and oxygen atoms in total. The lowest BCUT2D eigenvalue weighted by Gasteiger charge is -2.16. The molecule has 0 fully saturated rings. The maximum Gasteiger partial charge on any atom is 0.232 e. The summed E-state index contributed by atoms with van der Waals surface area (Å²) in [6, 6.07) is 9.68. The first-order valence-corrected chi connectivity index (χ1v) is 6.49. The first kappa shape index (κ1) is 13.4. The Kier molecular flexibility index (Phi) is 4.05. The number of rotatable bonds is 4. The molecule has 1 N–H and O–H groups in total. The summed E-state index contributed by atoms with van der Waals surface area (Å²) in [5.41, 5.74) is 3.17. The molecule has 0 spiro atoms. The number of hydrogen-bond acceptors (Lipinski definition) is 2. The minimum atomic E-state index is -0.0499. The number of carbonyl (C=O) groups excluding carboxylic acids is 1. The van der Waals surface area contributed by atoms with E-state index in [1.165, 1.54) is 0 Å². The second-order valence-electron chi connectivity index (χ2n) is 5.00. The molecule has 3 heteroatoms. The van der Waals surface area contributed by atoms with Crippen molar-refractivity contribution in [1.29, 1.82) is 0 Å². The summed E-state index contributed by atoms with van der Waals surface area (Å²) in [6.45, 7) is 6.25. The molecule has 1 amide bonds. The second-order valence-corrected chi connectivity index (χ2v) is 5.00. The van der Waals surface area contributed by atoms with Crippen molar-refractivity contribution in [3.05, 3.63) is 53.5 Å². The van der Waals surface area contributed by atoms with E-state index in [0.29, 0.717) is 11.7 Å². The second kappa shape index (κ2) is 5.74. The molecule has 0 radical (unpaired) electrons. The number of amides is 1. The Morgan fingerprint density at radius 3 is 2.68 bits per heavy atom. The number of carbonyl (C=O) groups is 1. The molecule has 19 heavy (non-hydrogen) atoms. The lowest BCUT2D eigenvalue weighted by molar-refractivity contribution is -0.115. The van der Waals surface area contributed by atoms with E-state index in [1.807, 2.05) is 19.1 Å². The van der Waals surface area contributed by atoms with Crippen molar-refractivity contribution in [2.75, 3.05) is 5.32 Å². The maximum absolute atomic E-state index is 12.0. The van der Waals surface area contributed by atoms with Crippen LogP contribution in [-0.4, -0.2) is 5.91 Å². The summed E-state index contributed by atoms with van der Waals surface area (Å²) in [4.78, 5) is 12.0. The van der Waals surface area contributed by atoms with Crippen LogP contribution >= 0.6 is 0 Å². The van der Waals surface area contributed by atoms with Crippen LogP contribution in [0.5, 0.6) is 0 Å². The van der Waals surface area contributed by atoms with Crippen molar-refractivity contribution in [1.82, 2.24) is 0 Å². The van der Waals surface area contributed by atoms with Crippen LogP contribution in [0, 0.1) is 6.92 Å². The van der Waals surface area contributed by atoms with Crippen molar-refractivity contribution in [3.8, 4) is 0 Å². The molecular weight excluding hydrogens is 238 g/mol. The monoisotopic (exact) mass is 257 g/mol. The lowest BCUT2D eigenvalue weighted by atomic mass is 9.98. The van der Waals surface area contributed by atoms with E-state index in [2.05, 4.69) is 25.2 Å². The summed E-state index contributed by atoms with van der Waals surface area (Å²) in [6.07, 6.45) is 1.84. The number of hydrogen-bond donors (Lipinski definition) is 1. The van der Waals surface area contributed by atoms with E-state index in [9.17, 15) is 4.79 Å². The van der Waals surface area contributed by atoms with Crippen LogP contribution in [0.25, 0.3) is 0 Å². The molecule has 0 aliphatic rings. The molecule has 0 aliphatic carbocycles. The molecule has 0 aliphatic heterocycles. The van der Waals surface area contributed by atoms with E-state index >= 15 is 0 Å². The van der Waals surface area contributed by atoms with Gasteiger partial charge < -0.3 is 9.73 Å². The Morgan fingerprint density at radius 1 is 1.26 bits per heavy atom. The number of anilines is 1. The molecule has 1 aromatic carbocycles. The third-order valence-electron chi connectivity index (χ3n) is 3.11. The van der Waals surface area contributed by atoms with Gasteiger partial charge in [-0.2, -0.15) is 0 Å².